The molecular formula is C14H18N4O. The summed E-state index contributed by atoms with van der Waals surface area (Å²) in [7, 11) is 0. The average molecular weight is 258 g/mol. The van der Waals surface area contributed by atoms with E-state index in [0.717, 1.165) is 5.71 Å². The van der Waals surface area contributed by atoms with E-state index in [9.17, 15) is 4.79 Å². The van der Waals surface area contributed by atoms with Crippen molar-refractivity contribution in [2.75, 3.05) is 0 Å². The van der Waals surface area contributed by atoms with E-state index in [4.69, 9.17) is 5.84 Å². The van der Waals surface area contributed by atoms with E-state index in [1.165, 1.54) is 0 Å². The zero-order valence-corrected chi connectivity index (χ0v) is 11.4. The minimum atomic E-state index is -0.154. The minimum absolute atomic E-state index is 0.133. The number of fused-ring (bicyclic) bond motifs is 1. The van der Waals surface area contributed by atoms with Crippen LogP contribution in [0.3, 0.4) is 0 Å². The Kier molecular flexibility index (Phi) is 3.38. The molecule has 0 unspecified atom stereocenters. The molecule has 100 valence electrons. The number of hydrazone groups is 1. The van der Waals surface area contributed by atoms with Gasteiger partial charge in [-0.25, -0.2) is 4.98 Å². The molecule has 3 N–H and O–H groups in total. The number of hydrogen-bond donors (Lipinski definition) is 2. The van der Waals surface area contributed by atoms with Gasteiger partial charge in [-0.2, -0.15) is 5.10 Å². The van der Waals surface area contributed by atoms with Crippen LogP contribution < -0.4 is 11.4 Å². The van der Waals surface area contributed by atoms with Crippen LogP contribution in [0.4, 0.5) is 0 Å². The van der Waals surface area contributed by atoms with Crippen LogP contribution in [0.5, 0.6) is 0 Å². The minimum Gasteiger partial charge on any atom is -0.323 e. The summed E-state index contributed by atoms with van der Waals surface area (Å²) >= 11 is 0. The Labute approximate surface area is 111 Å². The fraction of sp³-hybridized carbons (Fsp3) is 0.357. The molecule has 5 heteroatoms. The summed E-state index contributed by atoms with van der Waals surface area (Å²) in [6.07, 6.45) is 0.445. The Bertz CT molecular complexity index is 680. The molecule has 0 aliphatic heterocycles. The normalized spacial score (nSPS) is 12.9. The van der Waals surface area contributed by atoms with E-state index in [1.54, 1.807) is 6.07 Å². The Hall–Kier alpha value is -2.17. The molecule has 1 heterocycles. The van der Waals surface area contributed by atoms with Gasteiger partial charge in [0.05, 0.1) is 16.6 Å². The van der Waals surface area contributed by atoms with Crippen LogP contribution in [-0.2, 0) is 6.42 Å². The topological polar surface area (TPSA) is 84.1 Å². The number of benzene rings is 1. The maximum atomic E-state index is 12.0. The lowest BCUT2D eigenvalue weighted by molar-refractivity contribution is 0.577. The third kappa shape index (κ3) is 2.81. The first-order chi connectivity index (χ1) is 8.91. The first kappa shape index (κ1) is 13.3. The van der Waals surface area contributed by atoms with E-state index < -0.39 is 0 Å². The second-order valence-corrected chi connectivity index (χ2v) is 5.53. The maximum Gasteiger partial charge on any atom is 0.258 e. The molecule has 1 aromatic carbocycles. The molecule has 0 saturated heterocycles. The highest BCUT2D eigenvalue weighted by molar-refractivity contribution is 5.90. The summed E-state index contributed by atoms with van der Waals surface area (Å²) in [4.78, 5) is 19.2. The van der Waals surface area contributed by atoms with Crippen LogP contribution in [0.15, 0.2) is 34.2 Å². The molecule has 0 fully saturated rings. The van der Waals surface area contributed by atoms with Crippen LogP contribution in [0.2, 0.25) is 0 Å². The van der Waals surface area contributed by atoms with Crippen LogP contribution in [0.1, 0.15) is 26.6 Å². The van der Waals surface area contributed by atoms with Crippen molar-refractivity contribution in [3.63, 3.8) is 0 Å². The number of hydrogen-bond acceptors (Lipinski definition) is 4. The zero-order valence-electron chi connectivity index (χ0n) is 11.4. The molecular weight excluding hydrogens is 240 g/mol. The number of H-pyrrole nitrogens is 1. The Morgan fingerprint density at radius 3 is 2.68 bits per heavy atom. The summed E-state index contributed by atoms with van der Waals surface area (Å²) < 4.78 is 0. The van der Waals surface area contributed by atoms with Crippen LogP contribution in [-0.4, -0.2) is 15.7 Å². The number of rotatable bonds is 2. The van der Waals surface area contributed by atoms with Crippen LogP contribution in [0, 0.1) is 5.41 Å². The van der Waals surface area contributed by atoms with Gasteiger partial charge in [-0.1, -0.05) is 32.9 Å². The molecule has 2 rings (SSSR count). The SMILES string of the molecule is CC(C)(C)C(Cc1nc2ccccc2c(=O)[nH]1)=NN. The molecule has 0 bridgehead atoms. The van der Waals surface area contributed by atoms with E-state index in [2.05, 4.69) is 15.1 Å². The van der Waals surface area contributed by atoms with Gasteiger partial charge in [0.15, 0.2) is 0 Å². The van der Waals surface area contributed by atoms with E-state index in [0.29, 0.717) is 23.1 Å². The highest BCUT2D eigenvalue weighted by atomic mass is 16.1. The first-order valence-corrected chi connectivity index (χ1v) is 6.17. The lowest BCUT2D eigenvalue weighted by Crippen LogP contribution is -2.26. The van der Waals surface area contributed by atoms with Gasteiger partial charge in [-0.15, -0.1) is 0 Å². The van der Waals surface area contributed by atoms with Crippen molar-refractivity contribution in [3.05, 3.63) is 40.4 Å². The third-order valence-corrected chi connectivity index (χ3v) is 3.02. The highest BCUT2D eigenvalue weighted by Crippen LogP contribution is 2.18. The fourth-order valence-electron chi connectivity index (χ4n) is 1.88. The Balaban J connectivity index is 2.45. The van der Waals surface area contributed by atoms with Crippen molar-refractivity contribution in [2.24, 2.45) is 16.4 Å². The van der Waals surface area contributed by atoms with Crippen molar-refractivity contribution < 1.29 is 0 Å². The Morgan fingerprint density at radius 2 is 2.05 bits per heavy atom. The standard InChI is InChI=1S/C14H18N4O/c1-14(2,3)11(18-15)8-12-16-10-7-5-4-6-9(10)13(19)17-12/h4-7H,8,15H2,1-3H3,(H,16,17,19). The number of nitrogens with two attached hydrogens (primary N) is 1. The molecule has 0 amide bonds. The Morgan fingerprint density at radius 1 is 1.37 bits per heavy atom. The van der Waals surface area contributed by atoms with Crippen LogP contribution >= 0.6 is 0 Å². The van der Waals surface area contributed by atoms with Crippen LogP contribution in [0.25, 0.3) is 10.9 Å². The fourth-order valence-corrected chi connectivity index (χ4v) is 1.88. The van der Waals surface area contributed by atoms with Gasteiger partial charge in [0.25, 0.3) is 5.56 Å². The summed E-state index contributed by atoms with van der Waals surface area (Å²) in [5.74, 6) is 6.01. The quantitative estimate of drug-likeness (QED) is 0.489. The predicted molar refractivity (Wildman–Crippen MR) is 77.1 cm³/mol. The summed E-state index contributed by atoms with van der Waals surface area (Å²) in [6.45, 7) is 6.08. The molecule has 1 aromatic heterocycles. The summed E-state index contributed by atoms with van der Waals surface area (Å²) in [5.41, 5.74) is 1.20. The van der Waals surface area contributed by atoms with Crippen molar-refractivity contribution in [1.29, 1.82) is 0 Å². The van der Waals surface area contributed by atoms with E-state index in [1.807, 2.05) is 39.0 Å². The molecule has 0 aliphatic carbocycles. The monoisotopic (exact) mass is 258 g/mol. The van der Waals surface area contributed by atoms with Crippen molar-refractivity contribution in [1.82, 2.24) is 9.97 Å². The molecule has 2 aromatic rings. The van der Waals surface area contributed by atoms with Crippen molar-refractivity contribution in [2.45, 2.75) is 27.2 Å². The molecule has 0 aliphatic rings. The smallest absolute Gasteiger partial charge is 0.258 e. The second kappa shape index (κ2) is 4.84. The average Bonchev–Trinajstić information content (AvgIpc) is 2.34. The number of aromatic nitrogens is 2. The lowest BCUT2D eigenvalue weighted by Gasteiger charge is -2.20. The number of nitrogens with one attached hydrogen (secondary N) is 1. The van der Waals surface area contributed by atoms with Gasteiger partial charge in [0.2, 0.25) is 0 Å². The lowest BCUT2D eigenvalue weighted by atomic mass is 9.88. The number of nitrogens with zero attached hydrogens (tertiary/aromatic N) is 2. The maximum absolute atomic E-state index is 12.0. The predicted octanol–water partition coefficient (Wildman–Crippen LogP) is 1.83. The van der Waals surface area contributed by atoms with E-state index in [-0.39, 0.29) is 11.0 Å². The van der Waals surface area contributed by atoms with Gasteiger partial charge in [-0.05, 0) is 12.1 Å². The molecule has 0 radical (unpaired) electrons. The van der Waals surface area contributed by atoms with Gasteiger partial charge >= 0.3 is 0 Å². The van der Waals surface area contributed by atoms with Gasteiger partial charge in [0, 0.05) is 11.8 Å². The summed E-state index contributed by atoms with van der Waals surface area (Å²) in [6, 6.07) is 7.26. The molecule has 0 atom stereocenters. The highest BCUT2D eigenvalue weighted by Gasteiger charge is 2.20. The molecule has 19 heavy (non-hydrogen) atoms. The molecule has 0 spiro atoms. The largest absolute Gasteiger partial charge is 0.323 e. The molecule has 0 saturated carbocycles. The first-order valence-electron chi connectivity index (χ1n) is 6.17. The zero-order chi connectivity index (χ0) is 14.0. The molecule has 5 nitrogen and oxygen atoms in total. The van der Waals surface area contributed by atoms with Gasteiger partial charge in [0.1, 0.15) is 5.82 Å². The summed E-state index contributed by atoms with van der Waals surface area (Å²) in [5, 5.41) is 4.41. The third-order valence-electron chi connectivity index (χ3n) is 3.02. The van der Waals surface area contributed by atoms with Gasteiger partial charge in [-0.3, -0.25) is 4.79 Å². The van der Waals surface area contributed by atoms with E-state index >= 15 is 0 Å². The van der Waals surface area contributed by atoms with Crippen molar-refractivity contribution >= 4 is 16.6 Å². The second-order valence-electron chi connectivity index (χ2n) is 5.53. The number of para-hydroxylation sites is 1. The number of aromatic amines is 1. The van der Waals surface area contributed by atoms with Gasteiger partial charge < -0.3 is 10.8 Å². The van der Waals surface area contributed by atoms with Crippen molar-refractivity contribution in [3.8, 4) is 0 Å².